The summed E-state index contributed by atoms with van der Waals surface area (Å²) in [4.78, 5) is 16.7. The zero-order valence-corrected chi connectivity index (χ0v) is 12.2. The number of hydrogen-bond acceptors (Lipinski definition) is 3. The number of benzene rings is 2. The van der Waals surface area contributed by atoms with Crippen LogP contribution in [0.5, 0.6) is 0 Å². The molecule has 1 heterocycles. The molecule has 2 aromatic carbocycles. The van der Waals surface area contributed by atoms with Crippen molar-refractivity contribution in [3.8, 4) is 0 Å². The summed E-state index contributed by atoms with van der Waals surface area (Å²) in [6.45, 7) is 1.87. The lowest BCUT2D eigenvalue weighted by molar-refractivity contribution is 0.102. The minimum Gasteiger partial charge on any atom is -0.392 e. The van der Waals surface area contributed by atoms with Gasteiger partial charge in [-0.3, -0.25) is 9.78 Å². The molecule has 0 saturated carbocycles. The van der Waals surface area contributed by atoms with Crippen LogP contribution < -0.4 is 5.32 Å². The number of aliphatic hydroxyl groups is 1. The minimum absolute atomic E-state index is 0.0508. The number of carbonyl (C=O) groups excluding carboxylic acids is 1. The summed E-state index contributed by atoms with van der Waals surface area (Å²) < 4.78 is 0. The maximum Gasteiger partial charge on any atom is 0.255 e. The molecule has 0 bridgehead atoms. The summed E-state index contributed by atoms with van der Waals surface area (Å²) in [6.07, 6.45) is 1.73. The predicted molar refractivity (Wildman–Crippen MR) is 86.8 cm³/mol. The van der Waals surface area contributed by atoms with Crippen LogP contribution in [0.2, 0.25) is 0 Å². The molecule has 4 nitrogen and oxygen atoms in total. The van der Waals surface area contributed by atoms with Crippen molar-refractivity contribution in [3.05, 3.63) is 71.4 Å². The molecule has 0 spiro atoms. The second kappa shape index (κ2) is 5.95. The molecule has 3 aromatic rings. The molecule has 1 amide bonds. The van der Waals surface area contributed by atoms with E-state index in [0.717, 1.165) is 22.0 Å². The topological polar surface area (TPSA) is 62.2 Å². The summed E-state index contributed by atoms with van der Waals surface area (Å²) in [5.41, 5.74) is 3.87. The van der Waals surface area contributed by atoms with E-state index in [0.29, 0.717) is 11.3 Å². The number of aromatic nitrogens is 1. The van der Waals surface area contributed by atoms with Gasteiger partial charge in [0.2, 0.25) is 0 Å². The summed E-state index contributed by atoms with van der Waals surface area (Å²) in [6, 6.07) is 14.7. The molecule has 1 aromatic heterocycles. The van der Waals surface area contributed by atoms with Crippen LogP contribution in [0.25, 0.3) is 10.9 Å². The van der Waals surface area contributed by atoms with E-state index < -0.39 is 0 Å². The van der Waals surface area contributed by atoms with Gasteiger partial charge in [0.05, 0.1) is 12.1 Å². The van der Waals surface area contributed by atoms with Crippen molar-refractivity contribution in [2.75, 3.05) is 5.32 Å². The maximum absolute atomic E-state index is 12.4. The molecule has 0 unspecified atom stereocenters. The van der Waals surface area contributed by atoms with Gasteiger partial charge in [-0.25, -0.2) is 0 Å². The molecular weight excluding hydrogens is 276 g/mol. The molecule has 4 heteroatoms. The zero-order chi connectivity index (χ0) is 15.5. The second-order valence-electron chi connectivity index (χ2n) is 5.17. The number of hydrogen-bond donors (Lipinski definition) is 2. The van der Waals surface area contributed by atoms with Crippen LogP contribution in [0.3, 0.4) is 0 Å². The molecule has 2 N–H and O–H groups in total. The van der Waals surface area contributed by atoms with Crippen molar-refractivity contribution in [1.82, 2.24) is 4.98 Å². The number of fused-ring (bicyclic) bond motifs is 1. The van der Waals surface area contributed by atoms with Crippen LogP contribution in [-0.2, 0) is 6.61 Å². The van der Waals surface area contributed by atoms with Gasteiger partial charge in [-0.2, -0.15) is 0 Å². The molecule has 0 saturated heterocycles. The van der Waals surface area contributed by atoms with Crippen LogP contribution >= 0.6 is 0 Å². The Morgan fingerprint density at radius 1 is 1.18 bits per heavy atom. The van der Waals surface area contributed by atoms with Crippen molar-refractivity contribution in [2.24, 2.45) is 0 Å². The van der Waals surface area contributed by atoms with E-state index in [1.165, 1.54) is 0 Å². The lowest BCUT2D eigenvalue weighted by Gasteiger charge is -2.10. The number of aryl methyl sites for hydroxylation is 1. The quantitative estimate of drug-likeness (QED) is 0.778. The highest BCUT2D eigenvalue weighted by Gasteiger charge is 2.09. The molecule has 0 aliphatic heterocycles. The number of anilines is 1. The lowest BCUT2D eigenvalue weighted by Crippen LogP contribution is -2.13. The third kappa shape index (κ3) is 2.82. The van der Waals surface area contributed by atoms with Crippen molar-refractivity contribution in [3.63, 3.8) is 0 Å². The predicted octanol–water partition coefficient (Wildman–Crippen LogP) is 3.29. The number of nitrogens with one attached hydrogen (secondary N) is 1. The van der Waals surface area contributed by atoms with E-state index in [1.54, 1.807) is 18.3 Å². The van der Waals surface area contributed by atoms with Crippen LogP contribution in [0.15, 0.2) is 54.7 Å². The first-order valence-electron chi connectivity index (χ1n) is 7.04. The van der Waals surface area contributed by atoms with Crippen molar-refractivity contribution < 1.29 is 9.90 Å². The van der Waals surface area contributed by atoms with E-state index in [2.05, 4.69) is 10.3 Å². The number of rotatable bonds is 3. The number of amides is 1. The van der Waals surface area contributed by atoms with Gasteiger partial charge in [-0.05, 0) is 48.4 Å². The Morgan fingerprint density at radius 3 is 2.86 bits per heavy atom. The first-order valence-corrected chi connectivity index (χ1v) is 7.04. The normalized spacial score (nSPS) is 10.6. The monoisotopic (exact) mass is 292 g/mol. The highest BCUT2D eigenvalue weighted by atomic mass is 16.3. The molecule has 110 valence electrons. The summed E-state index contributed by atoms with van der Waals surface area (Å²) in [7, 11) is 0. The summed E-state index contributed by atoms with van der Waals surface area (Å²) in [5.74, 6) is -0.177. The first-order chi connectivity index (χ1) is 10.7. The third-order valence-corrected chi connectivity index (χ3v) is 3.60. The smallest absolute Gasteiger partial charge is 0.255 e. The fraction of sp³-hybridized carbons (Fsp3) is 0.111. The minimum atomic E-state index is -0.177. The van der Waals surface area contributed by atoms with E-state index in [4.69, 9.17) is 0 Å². The summed E-state index contributed by atoms with van der Waals surface area (Å²) >= 11 is 0. The average molecular weight is 292 g/mol. The van der Waals surface area contributed by atoms with Crippen molar-refractivity contribution in [2.45, 2.75) is 13.5 Å². The molecule has 0 aliphatic carbocycles. The molecular formula is C18H16N2O2. The molecule has 3 rings (SSSR count). The van der Waals surface area contributed by atoms with E-state index >= 15 is 0 Å². The van der Waals surface area contributed by atoms with Gasteiger partial charge in [0.25, 0.3) is 5.91 Å². The van der Waals surface area contributed by atoms with Gasteiger partial charge < -0.3 is 10.4 Å². The SMILES string of the molecule is Cc1ccc(CO)cc1NC(=O)c1ccc2ncccc2c1. The molecule has 0 fully saturated rings. The average Bonchev–Trinajstić information content (AvgIpc) is 2.56. The third-order valence-electron chi connectivity index (χ3n) is 3.60. The second-order valence-corrected chi connectivity index (χ2v) is 5.17. The van der Waals surface area contributed by atoms with E-state index in [-0.39, 0.29) is 12.5 Å². The van der Waals surface area contributed by atoms with Crippen LogP contribution in [0.4, 0.5) is 5.69 Å². The molecule has 0 aliphatic rings. The number of nitrogens with zero attached hydrogens (tertiary/aromatic N) is 1. The summed E-state index contributed by atoms with van der Waals surface area (Å²) in [5, 5.41) is 13.0. The Morgan fingerprint density at radius 2 is 2.05 bits per heavy atom. The van der Waals surface area contributed by atoms with Gasteiger partial charge in [0, 0.05) is 22.8 Å². The number of pyridine rings is 1. The Hall–Kier alpha value is -2.72. The largest absolute Gasteiger partial charge is 0.392 e. The highest BCUT2D eigenvalue weighted by Crippen LogP contribution is 2.19. The van der Waals surface area contributed by atoms with Gasteiger partial charge in [0.1, 0.15) is 0 Å². The van der Waals surface area contributed by atoms with Crippen molar-refractivity contribution in [1.29, 1.82) is 0 Å². The van der Waals surface area contributed by atoms with Gasteiger partial charge in [-0.15, -0.1) is 0 Å². The molecule has 0 radical (unpaired) electrons. The standard InChI is InChI=1S/C18H16N2O2/c1-12-4-5-13(11-21)9-17(12)20-18(22)15-6-7-16-14(10-15)3-2-8-19-16/h2-10,21H,11H2,1H3,(H,20,22). The number of carbonyl (C=O) groups is 1. The van der Waals surface area contributed by atoms with E-state index in [1.807, 2.05) is 43.3 Å². The lowest BCUT2D eigenvalue weighted by atomic mass is 10.1. The Balaban J connectivity index is 1.90. The maximum atomic E-state index is 12.4. The van der Waals surface area contributed by atoms with Gasteiger partial charge in [-0.1, -0.05) is 18.2 Å². The van der Waals surface area contributed by atoms with E-state index in [9.17, 15) is 9.90 Å². The van der Waals surface area contributed by atoms with Crippen LogP contribution in [0.1, 0.15) is 21.5 Å². The Labute approximate surface area is 128 Å². The van der Waals surface area contributed by atoms with Gasteiger partial charge >= 0.3 is 0 Å². The fourth-order valence-corrected chi connectivity index (χ4v) is 2.31. The first kappa shape index (κ1) is 14.2. The number of aliphatic hydroxyl groups excluding tert-OH is 1. The Kier molecular flexibility index (Phi) is 3.85. The Bertz CT molecular complexity index is 843. The van der Waals surface area contributed by atoms with Crippen LogP contribution in [0, 0.1) is 6.92 Å². The zero-order valence-electron chi connectivity index (χ0n) is 12.2. The molecule has 22 heavy (non-hydrogen) atoms. The fourth-order valence-electron chi connectivity index (χ4n) is 2.31. The van der Waals surface area contributed by atoms with Gasteiger partial charge in [0.15, 0.2) is 0 Å². The highest BCUT2D eigenvalue weighted by molar-refractivity contribution is 6.06. The molecule has 0 atom stereocenters. The van der Waals surface area contributed by atoms with Crippen molar-refractivity contribution >= 4 is 22.5 Å². The van der Waals surface area contributed by atoms with Crippen LogP contribution in [-0.4, -0.2) is 16.0 Å².